The first-order valence-electron chi connectivity index (χ1n) is 14.4. The predicted molar refractivity (Wildman–Crippen MR) is 138 cm³/mol. The van der Waals surface area contributed by atoms with Crippen molar-refractivity contribution in [2.24, 2.45) is 46.3 Å². The van der Waals surface area contributed by atoms with Crippen LogP contribution in [-0.4, -0.2) is 49.3 Å². The topological polar surface area (TPSA) is 105 Å². The van der Waals surface area contributed by atoms with E-state index < -0.39 is 0 Å². The lowest BCUT2D eigenvalue weighted by atomic mass is 9.43. The van der Waals surface area contributed by atoms with E-state index in [1.165, 1.54) is 27.9 Å². The summed E-state index contributed by atoms with van der Waals surface area (Å²) >= 11 is 0. The number of fused-ring (bicyclic) bond motifs is 5. The molecule has 0 radical (unpaired) electrons. The first-order valence-corrected chi connectivity index (χ1v) is 14.4. The number of methoxy groups -OCH3 is 1. The molecule has 0 heterocycles. The lowest BCUT2D eigenvalue weighted by molar-refractivity contribution is -0.224. The van der Waals surface area contributed by atoms with Crippen LogP contribution in [0.1, 0.15) is 92.9 Å². The highest BCUT2D eigenvalue weighted by Gasteiger charge is 2.67. The Kier molecular flexibility index (Phi) is 8.21. The molecule has 0 aromatic heterocycles. The Balaban J connectivity index is 1.72. The molecule has 0 N–H and O–H groups in total. The highest BCUT2D eigenvalue weighted by atomic mass is 16.6. The van der Waals surface area contributed by atoms with Crippen molar-refractivity contribution in [1.29, 1.82) is 0 Å². The van der Waals surface area contributed by atoms with Gasteiger partial charge in [0.05, 0.1) is 7.11 Å². The fraction of sp³-hybridized carbons (Fsp3) is 0.867. The van der Waals surface area contributed by atoms with Crippen LogP contribution >= 0.6 is 0 Å². The Morgan fingerprint density at radius 2 is 1.50 bits per heavy atom. The quantitative estimate of drug-likeness (QED) is 0.351. The first kappa shape index (κ1) is 28.9. The van der Waals surface area contributed by atoms with Gasteiger partial charge in [0.15, 0.2) is 0 Å². The third-order valence-electron chi connectivity index (χ3n) is 11.1. The third kappa shape index (κ3) is 5.08. The average Bonchev–Trinajstić information content (AvgIpc) is 3.17. The Morgan fingerprint density at radius 3 is 2.11 bits per heavy atom. The van der Waals surface area contributed by atoms with Gasteiger partial charge in [0.1, 0.15) is 18.3 Å². The Morgan fingerprint density at radius 1 is 0.842 bits per heavy atom. The molecule has 11 unspecified atom stereocenters. The molecule has 0 bridgehead atoms. The molecule has 4 rings (SSSR count). The van der Waals surface area contributed by atoms with Crippen LogP contribution in [0.5, 0.6) is 0 Å². The minimum Gasteiger partial charge on any atom is -0.469 e. The van der Waals surface area contributed by atoms with E-state index in [9.17, 15) is 19.2 Å². The van der Waals surface area contributed by atoms with Gasteiger partial charge in [-0.25, -0.2) is 0 Å². The molecule has 38 heavy (non-hydrogen) atoms. The number of rotatable bonds is 6. The van der Waals surface area contributed by atoms with E-state index in [2.05, 4.69) is 20.8 Å². The molecule has 8 heteroatoms. The van der Waals surface area contributed by atoms with Gasteiger partial charge >= 0.3 is 23.9 Å². The SMILES string of the molecule is COC(=O)CC(C)C1CCC2C3C(OC(C)=O)CC4CC(OC(C)=O)CCC4(C)C3CC(OC(C)=O)C12C. The van der Waals surface area contributed by atoms with E-state index in [-0.39, 0.29) is 88.5 Å². The minimum absolute atomic E-state index is 0.0343. The monoisotopic (exact) mass is 534 g/mol. The molecule has 4 aliphatic carbocycles. The van der Waals surface area contributed by atoms with Crippen molar-refractivity contribution in [3.8, 4) is 0 Å². The van der Waals surface area contributed by atoms with E-state index in [0.29, 0.717) is 12.8 Å². The summed E-state index contributed by atoms with van der Waals surface area (Å²) in [7, 11) is 1.42. The van der Waals surface area contributed by atoms with Crippen LogP contribution < -0.4 is 0 Å². The maximum Gasteiger partial charge on any atom is 0.305 e. The average molecular weight is 535 g/mol. The van der Waals surface area contributed by atoms with Crippen LogP contribution in [-0.2, 0) is 38.1 Å². The lowest BCUT2D eigenvalue weighted by Gasteiger charge is -2.64. The van der Waals surface area contributed by atoms with E-state index in [0.717, 1.165) is 38.5 Å². The summed E-state index contributed by atoms with van der Waals surface area (Å²) < 4.78 is 22.8. The molecule has 11 atom stereocenters. The number of hydrogen-bond acceptors (Lipinski definition) is 8. The van der Waals surface area contributed by atoms with Crippen molar-refractivity contribution in [1.82, 2.24) is 0 Å². The molecule has 4 fully saturated rings. The van der Waals surface area contributed by atoms with Crippen LogP contribution in [0.15, 0.2) is 0 Å². The highest BCUT2D eigenvalue weighted by Crippen LogP contribution is 2.69. The molecule has 4 saturated carbocycles. The summed E-state index contributed by atoms with van der Waals surface area (Å²) in [6.07, 6.45) is 5.53. The van der Waals surface area contributed by atoms with Crippen LogP contribution in [0.3, 0.4) is 0 Å². The normalized spacial score (nSPS) is 42.5. The molecular formula is C30H46O8. The van der Waals surface area contributed by atoms with Crippen molar-refractivity contribution < 1.29 is 38.1 Å². The third-order valence-corrected chi connectivity index (χ3v) is 11.1. The van der Waals surface area contributed by atoms with Crippen LogP contribution in [0.2, 0.25) is 0 Å². The summed E-state index contributed by atoms with van der Waals surface area (Å²) in [6.45, 7) is 11.1. The molecule has 0 aromatic carbocycles. The Bertz CT molecular complexity index is 947. The standard InChI is InChI=1S/C30H46O8/c1-16(12-27(34)35-7)22-8-9-23-28-24(15-26(30(22,23)6)38-19(4)33)29(5)11-10-21(36-17(2)31)13-20(29)14-25(28)37-18(3)32/h16,20-26,28H,8-15H2,1-7H3. The van der Waals surface area contributed by atoms with Gasteiger partial charge in [-0.05, 0) is 80.0 Å². The van der Waals surface area contributed by atoms with Crippen molar-refractivity contribution in [3.05, 3.63) is 0 Å². The first-order chi connectivity index (χ1) is 17.8. The van der Waals surface area contributed by atoms with E-state index in [1.54, 1.807) is 0 Å². The van der Waals surface area contributed by atoms with Crippen molar-refractivity contribution in [3.63, 3.8) is 0 Å². The lowest BCUT2D eigenvalue weighted by Crippen LogP contribution is -2.63. The van der Waals surface area contributed by atoms with Gasteiger partial charge < -0.3 is 18.9 Å². The number of esters is 4. The molecule has 4 aliphatic rings. The number of hydrogen-bond donors (Lipinski definition) is 0. The summed E-state index contributed by atoms with van der Waals surface area (Å²) in [5.41, 5.74) is -0.371. The number of carbonyl (C=O) groups excluding carboxylic acids is 4. The van der Waals surface area contributed by atoms with Crippen LogP contribution in [0.4, 0.5) is 0 Å². The van der Waals surface area contributed by atoms with Gasteiger partial charge in [0, 0.05) is 38.5 Å². The molecule has 0 aliphatic heterocycles. The van der Waals surface area contributed by atoms with E-state index in [1.807, 2.05) is 0 Å². The zero-order valence-corrected chi connectivity index (χ0v) is 24.1. The van der Waals surface area contributed by atoms with E-state index >= 15 is 0 Å². The molecular weight excluding hydrogens is 488 g/mol. The van der Waals surface area contributed by atoms with Gasteiger partial charge in [-0.15, -0.1) is 0 Å². The van der Waals surface area contributed by atoms with Gasteiger partial charge in [-0.2, -0.15) is 0 Å². The maximum absolute atomic E-state index is 12.4. The maximum atomic E-state index is 12.4. The highest BCUT2D eigenvalue weighted by molar-refractivity contribution is 5.69. The predicted octanol–water partition coefficient (Wildman–Crippen LogP) is 4.86. The molecule has 0 saturated heterocycles. The summed E-state index contributed by atoms with van der Waals surface area (Å²) in [5.74, 6) is 0.00858. The molecule has 214 valence electrons. The summed E-state index contributed by atoms with van der Waals surface area (Å²) in [5, 5.41) is 0. The zero-order chi connectivity index (χ0) is 28.0. The summed E-state index contributed by atoms with van der Waals surface area (Å²) in [6, 6.07) is 0. The number of carbonyl (C=O) groups is 4. The van der Waals surface area contributed by atoms with Crippen molar-refractivity contribution in [2.45, 2.75) is 111 Å². The van der Waals surface area contributed by atoms with Gasteiger partial charge in [-0.1, -0.05) is 20.8 Å². The molecule has 0 aromatic rings. The zero-order valence-electron chi connectivity index (χ0n) is 24.1. The second-order valence-electron chi connectivity index (χ2n) is 13.0. The largest absolute Gasteiger partial charge is 0.469 e. The second-order valence-corrected chi connectivity index (χ2v) is 13.0. The molecule has 0 spiro atoms. The fourth-order valence-corrected chi connectivity index (χ4v) is 9.60. The van der Waals surface area contributed by atoms with Gasteiger partial charge in [0.25, 0.3) is 0 Å². The molecule has 8 nitrogen and oxygen atoms in total. The van der Waals surface area contributed by atoms with Gasteiger partial charge in [-0.3, -0.25) is 19.2 Å². The fourth-order valence-electron chi connectivity index (χ4n) is 9.60. The van der Waals surface area contributed by atoms with Crippen LogP contribution in [0, 0.1) is 46.3 Å². The number of ether oxygens (including phenoxy) is 4. The van der Waals surface area contributed by atoms with Gasteiger partial charge in [0.2, 0.25) is 0 Å². The minimum atomic E-state index is -0.336. The van der Waals surface area contributed by atoms with E-state index in [4.69, 9.17) is 18.9 Å². The van der Waals surface area contributed by atoms with Crippen LogP contribution in [0.25, 0.3) is 0 Å². The summed E-state index contributed by atoms with van der Waals surface area (Å²) in [4.78, 5) is 48.6. The smallest absolute Gasteiger partial charge is 0.305 e. The Hall–Kier alpha value is -2.12. The molecule has 0 amide bonds. The second kappa shape index (κ2) is 10.8. The Labute approximate surface area is 226 Å². The van der Waals surface area contributed by atoms with Crippen molar-refractivity contribution in [2.75, 3.05) is 7.11 Å². The van der Waals surface area contributed by atoms with Crippen molar-refractivity contribution >= 4 is 23.9 Å².